The molecule has 2 rings (SSSR count). The molecule has 0 aliphatic heterocycles. The molecule has 0 fully saturated rings. The van der Waals surface area contributed by atoms with Crippen LogP contribution in [0.5, 0.6) is 5.75 Å². The molecule has 0 aliphatic carbocycles. The molecular weight excluding hydrogens is 254 g/mol. The van der Waals surface area contributed by atoms with Crippen LogP contribution < -0.4 is 10.1 Å². The summed E-state index contributed by atoms with van der Waals surface area (Å²) >= 11 is 0. The molecule has 0 saturated carbocycles. The van der Waals surface area contributed by atoms with Gasteiger partial charge in [-0.1, -0.05) is 0 Å². The number of amides is 1. The van der Waals surface area contributed by atoms with Crippen LogP contribution in [0.4, 0.5) is 14.6 Å². The molecule has 1 heterocycles. The monoisotopic (exact) mass is 264 g/mol. The highest BCUT2D eigenvalue weighted by atomic mass is 19.2. The minimum atomic E-state index is -1.08. The van der Waals surface area contributed by atoms with Crippen molar-refractivity contribution in [1.82, 2.24) is 4.98 Å². The summed E-state index contributed by atoms with van der Waals surface area (Å²) in [5, 5.41) is 2.46. The molecule has 2 aromatic rings. The number of pyridine rings is 1. The van der Waals surface area contributed by atoms with Gasteiger partial charge < -0.3 is 10.1 Å². The third-order valence-electron chi connectivity index (χ3n) is 2.40. The van der Waals surface area contributed by atoms with Crippen molar-refractivity contribution in [3.05, 3.63) is 53.7 Å². The number of hydrogen-bond donors (Lipinski definition) is 1. The van der Waals surface area contributed by atoms with Crippen molar-refractivity contribution in [2.24, 2.45) is 0 Å². The molecule has 6 heteroatoms. The smallest absolute Gasteiger partial charge is 0.257 e. The van der Waals surface area contributed by atoms with Crippen LogP contribution in [0.15, 0.2) is 36.5 Å². The van der Waals surface area contributed by atoms with Crippen molar-refractivity contribution < 1.29 is 18.3 Å². The van der Waals surface area contributed by atoms with Crippen molar-refractivity contribution in [3.8, 4) is 5.75 Å². The van der Waals surface area contributed by atoms with Crippen LogP contribution in [0.25, 0.3) is 0 Å². The van der Waals surface area contributed by atoms with Gasteiger partial charge in [-0.2, -0.15) is 0 Å². The number of nitrogens with zero attached hydrogens (tertiary/aromatic N) is 1. The second-order valence-electron chi connectivity index (χ2n) is 3.64. The van der Waals surface area contributed by atoms with E-state index in [4.69, 9.17) is 4.74 Å². The number of aromatic nitrogens is 1. The number of halogens is 2. The minimum absolute atomic E-state index is 0.00777. The van der Waals surface area contributed by atoms with Crippen LogP contribution in [-0.4, -0.2) is 18.0 Å². The Balaban J connectivity index is 2.23. The largest absolute Gasteiger partial charge is 0.493 e. The zero-order valence-electron chi connectivity index (χ0n) is 9.98. The molecule has 0 bridgehead atoms. The molecule has 0 unspecified atom stereocenters. The van der Waals surface area contributed by atoms with Gasteiger partial charge >= 0.3 is 0 Å². The van der Waals surface area contributed by atoms with Gasteiger partial charge in [-0.25, -0.2) is 13.8 Å². The average molecular weight is 264 g/mol. The molecule has 1 amide bonds. The number of rotatable bonds is 3. The van der Waals surface area contributed by atoms with E-state index >= 15 is 0 Å². The molecule has 0 radical (unpaired) electrons. The van der Waals surface area contributed by atoms with Gasteiger partial charge in [0, 0.05) is 11.8 Å². The molecule has 19 heavy (non-hydrogen) atoms. The van der Waals surface area contributed by atoms with Gasteiger partial charge in [-0.15, -0.1) is 0 Å². The van der Waals surface area contributed by atoms with E-state index in [2.05, 4.69) is 10.3 Å². The SMILES string of the molecule is COc1cccnc1NC(=O)c1ccc(F)c(F)c1. The van der Waals surface area contributed by atoms with Gasteiger partial charge in [0.25, 0.3) is 5.91 Å². The molecule has 0 aliphatic rings. The summed E-state index contributed by atoms with van der Waals surface area (Å²) in [6.45, 7) is 0. The summed E-state index contributed by atoms with van der Waals surface area (Å²) in [5.41, 5.74) is -0.00777. The zero-order chi connectivity index (χ0) is 13.8. The number of carbonyl (C=O) groups is 1. The summed E-state index contributed by atoms with van der Waals surface area (Å²) in [6.07, 6.45) is 1.48. The van der Waals surface area contributed by atoms with E-state index in [9.17, 15) is 13.6 Å². The number of nitrogens with one attached hydrogen (secondary N) is 1. The lowest BCUT2D eigenvalue weighted by molar-refractivity contribution is 0.102. The first-order valence-corrected chi connectivity index (χ1v) is 5.37. The maximum atomic E-state index is 13.0. The lowest BCUT2D eigenvalue weighted by atomic mass is 10.2. The fourth-order valence-corrected chi connectivity index (χ4v) is 1.47. The van der Waals surface area contributed by atoms with Gasteiger partial charge in [0.2, 0.25) is 0 Å². The first-order chi connectivity index (χ1) is 9.11. The first-order valence-electron chi connectivity index (χ1n) is 5.37. The predicted octanol–water partition coefficient (Wildman–Crippen LogP) is 2.62. The standard InChI is InChI=1S/C13H10F2N2O2/c1-19-11-3-2-6-16-12(11)17-13(18)8-4-5-9(14)10(15)7-8/h2-7H,1H3,(H,16,17,18). The number of methoxy groups -OCH3 is 1. The minimum Gasteiger partial charge on any atom is -0.493 e. The van der Waals surface area contributed by atoms with Crippen molar-refractivity contribution in [2.45, 2.75) is 0 Å². The molecular formula is C13H10F2N2O2. The van der Waals surface area contributed by atoms with Crippen molar-refractivity contribution >= 4 is 11.7 Å². The highest BCUT2D eigenvalue weighted by Gasteiger charge is 2.12. The highest BCUT2D eigenvalue weighted by molar-refractivity contribution is 6.04. The fraction of sp³-hybridized carbons (Fsp3) is 0.0769. The van der Waals surface area contributed by atoms with Gasteiger partial charge in [0.15, 0.2) is 23.2 Å². The Kier molecular flexibility index (Phi) is 3.70. The summed E-state index contributed by atoms with van der Waals surface area (Å²) in [6, 6.07) is 6.16. The van der Waals surface area contributed by atoms with Crippen LogP contribution in [0.2, 0.25) is 0 Å². The second-order valence-corrected chi connectivity index (χ2v) is 3.64. The van der Waals surface area contributed by atoms with E-state index in [0.717, 1.165) is 12.1 Å². The quantitative estimate of drug-likeness (QED) is 0.927. The molecule has 1 aromatic carbocycles. The summed E-state index contributed by atoms with van der Waals surface area (Å²) in [4.78, 5) is 15.8. The first kappa shape index (κ1) is 12.9. The summed E-state index contributed by atoms with van der Waals surface area (Å²) < 4.78 is 30.8. The number of carbonyl (C=O) groups excluding carboxylic acids is 1. The van der Waals surface area contributed by atoms with Gasteiger partial charge in [0.05, 0.1) is 7.11 Å². The Morgan fingerprint density at radius 3 is 2.74 bits per heavy atom. The third-order valence-corrected chi connectivity index (χ3v) is 2.40. The third kappa shape index (κ3) is 2.85. The molecule has 4 nitrogen and oxygen atoms in total. The Hall–Kier alpha value is -2.50. The lowest BCUT2D eigenvalue weighted by Crippen LogP contribution is -2.14. The summed E-state index contributed by atoms with van der Waals surface area (Å²) in [7, 11) is 1.43. The van der Waals surface area contributed by atoms with Crippen molar-refractivity contribution in [2.75, 3.05) is 12.4 Å². The Morgan fingerprint density at radius 1 is 1.26 bits per heavy atom. The number of ether oxygens (including phenoxy) is 1. The normalized spacial score (nSPS) is 10.1. The average Bonchev–Trinajstić information content (AvgIpc) is 2.42. The number of anilines is 1. The molecule has 0 spiro atoms. The molecule has 0 saturated heterocycles. The van der Waals surface area contributed by atoms with E-state index in [1.807, 2.05) is 0 Å². The van der Waals surface area contributed by atoms with E-state index in [-0.39, 0.29) is 11.4 Å². The zero-order valence-corrected chi connectivity index (χ0v) is 9.98. The predicted molar refractivity (Wildman–Crippen MR) is 65.1 cm³/mol. The van der Waals surface area contributed by atoms with E-state index in [1.54, 1.807) is 12.1 Å². The molecule has 0 atom stereocenters. The fourth-order valence-electron chi connectivity index (χ4n) is 1.47. The van der Waals surface area contributed by atoms with E-state index in [0.29, 0.717) is 5.75 Å². The Labute approximate surface area is 108 Å². The van der Waals surface area contributed by atoms with Crippen LogP contribution in [0.1, 0.15) is 10.4 Å². The van der Waals surface area contributed by atoms with Crippen LogP contribution in [0, 0.1) is 11.6 Å². The van der Waals surface area contributed by atoms with Gasteiger partial charge in [-0.05, 0) is 30.3 Å². The van der Waals surface area contributed by atoms with Gasteiger partial charge in [0.1, 0.15) is 0 Å². The molecule has 98 valence electrons. The molecule has 1 N–H and O–H groups in total. The number of hydrogen-bond acceptors (Lipinski definition) is 3. The lowest BCUT2D eigenvalue weighted by Gasteiger charge is -2.08. The van der Waals surface area contributed by atoms with Crippen molar-refractivity contribution in [3.63, 3.8) is 0 Å². The van der Waals surface area contributed by atoms with E-state index in [1.165, 1.54) is 19.4 Å². The number of benzene rings is 1. The second kappa shape index (κ2) is 5.43. The Bertz CT molecular complexity index is 617. The van der Waals surface area contributed by atoms with Crippen LogP contribution in [-0.2, 0) is 0 Å². The Morgan fingerprint density at radius 2 is 2.05 bits per heavy atom. The van der Waals surface area contributed by atoms with Crippen LogP contribution >= 0.6 is 0 Å². The van der Waals surface area contributed by atoms with Gasteiger partial charge in [-0.3, -0.25) is 4.79 Å². The highest BCUT2D eigenvalue weighted by Crippen LogP contribution is 2.21. The van der Waals surface area contributed by atoms with Crippen molar-refractivity contribution in [1.29, 1.82) is 0 Å². The topological polar surface area (TPSA) is 51.2 Å². The maximum absolute atomic E-state index is 13.0. The van der Waals surface area contributed by atoms with E-state index < -0.39 is 17.5 Å². The maximum Gasteiger partial charge on any atom is 0.257 e. The summed E-state index contributed by atoms with van der Waals surface area (Å²) in [5.74, 6) is -2.11. The van der Waals surface area contributed by atoms with Crippen LogP contribution in [0.3, 0.4) is 0 Å². The molecule has 1 aromatic heterocycles.